The minimum absolute atomic E-state index is 0.139. The molecule has 2 N–H and O–H groups in total. The fourth-order valence-electron chi connectivity index (χ4n) is 2.00. The third-order valence-corrected chi connectivity index (χ3v) is 4.80. The SMILES string of the molecule is O=S(=O)(CCNC1=NCCCN1)CCc1ccccc1. The maximum Gasteiger partial charge on any atom is 0.191 e. The van der Waals surface area contributed by atoms with Crippen molar-refractivity contribution in [1.29, 1.82) is 0 Å². The Hall–Kier alpha value is -1.56. The van der Waals surface area contributed by atoms with Crippen LogP contribution in [0.5, 0.6) is 0 Å². The molecule has 1 aliphatic rings. The van der Waals surface area contributed by atoms with Crippen molar-refractivity contribution < 1.29 is 8.42 Å². The fourth-order valence-corrected chi connectivity index (χ4v) is 3.16. The molecule has 0 atom stereocenters. The number of nitrogens with one attached hydrogen (secondary N) is 2. The van der Waals surface area contributed by atoms with Crippen molar-refractivity contribution in [2.45, 2.75) is 12.8 Å². The van der Waals surface area contributed by atoms with Crippen molar-refractivity contribution in [2.24, 2.45) is 4.99 Å². The highest BCUT2D eigenvalue weighted by molar-refractivity contribution is 7.91. The van der Waals surface area contributed by atoms with Gasteiger partial charge in [0.15, 0.2) is 15.8 Å². The minimum Gasteiger partial charge on any atom is -0.356 e. The zero-order valence-corrected chi connectivity index (χ0v) is 12.3. The molecule has 110 valence electrons. The molecule has 1 aliphatic heterocycles. The zero-order chi connectivity index (χ0) is 14.3. The fraction of sp³-hybridized carbons (Fsp3) is 0.500. The lowest BCUT2D eigenvalue weighted by Gasteiger charge is -2.15. The monoisotopic (exact) mass is 295 g/mol. The second-order valence-corrected chi connectivity index (χ2v) is 7.13. The second-order valence-electron chi connectivity index (χ2n) is 4.82. The van der Waals surface area contributed by atoms with E-state index in [9.17, 15) is 8.42 Å². The van der Waals surface area contributed by atoms with Crippen molar-refractivity contribution in [1.82, 2.24) is 10.6 Å². The summed E-state index contributed by atoms with van der Waals surface area (Å²) in [5.74, 6) is 1.05. The Morgan fingerprint density at radius 2 is 2.00 bits per heavy atom. The van der Waals surface area contributed by atoms with E-state index < -0.39 is 9.84 Å². The highest BCUT2D eigenvalue weighted by Crippen LogP contribution is 2.02. The first-order valence-corrected chi connectivity index (χ1v) is 8.74. The number of nitrogens with zero attached hydrogens (tertiary/aromatic N) is 1. The lowest BCUT2D eigenvalue weighted by atomic mass is 10.2. The molecule has 1 aromatic carbocycles. The van der Waals surface area contributed by atoms with Crippen molar-refractivity contribution in [3.63, 3.8) is 0 Å². The Balaban J connectivity index is 1.72. The van der Waals surface area contributed by atoms with E-state index in [0.717, 1.165) is 31.0 Å². The molecule has 0 fully saturated rings. The van der Waals surface area contributed by atoms with Crippen LogP contribution in [0, 0.1) is 0 Å². The average Bonchev–Trinajstić information content (AvgIpc) is 2.47. The van der Waals surface area contributed by atoms with Crippen LogP contribution < -0.4 is 10.6 Å². The summed E-state index contributed by atoms with van der Waals surface area (Å²) in [4.78, 5) is 4.24. The third-order valence-electron chi connectivity index (χ3n) is 3.15. The van der Waals surface area contributed by atoms with E-state index in [2.05, 4.69) is 15.6 Å². The molecular weight excluding hydrogens is 274 g/mol. The number of rotatable bonds is 6. The maximum atomic E-state index is 11.9. The molecule has 0 saturated heterocycles. The topological polar surface area (TPSA) is 70.6 Å². The normalized spacial score (nSPS) is 15.3. The van der Waals surface area contributed by atoms with Gasteiger partial charge in [-0.1, -0.05) is 30.3 Å². The van der Waals surface area contributed by atoms with Gasteiger partial charge in [0.2, 0.25) is 0 Å². The third kappa shape index (κ3) is 5.21. The average molecular weight is 295 g/mol. The van der Waals surface area contributed by atoms with Gasteiger partial charge in [-0.3, -0.25) is 4.99 Å². The van der Waals surface area contributed by atoms with E-state index in [1.807, 2.05) is 30.3 Å². The highest BCUT2D eigenvalue weighted by Gasteiger charge is 2.11. The summed E-state index contributed by atoms with van der Waals surface area (Å²) in [6.45, 7) is 2.10. The van der Waals surface area contributed by atoms with E-state index in [0.29, 0.717) is 13.0 Å². The molecule has 0 unspecified atom stereocenters. The number of hydrogen-bond acceptors (Lipinski definition) is 5. The van der Waals surface area contributed by atoms with Gasteiger partial charge in [-0.05, 0) is 18.4 Å². The van der Waals surface area contributed by atoms with E-state index in [-0.39, 0.29) is 11.5 Å². The van der Waals surface area contributed by atoms with Crippen LogP contribution in [0.1, 0.15) is 12.0 Å². The van der Waals surface area contributed by atoms with Crippen molar-refractivity contribution in [3.8, 4) is 0 Å². The molecule has 0 aromatic heterocycles. The smallest absolute Gasteiger partial charge is 0.191 e. The molecule has 0 bridgehead atoms. The Labute approximate surface area is 120 Å². The van der Waals surface area contributed by atoms with Crippen LogP contribution in [-0.2, 0) is 16.3 Å². The number of sulfone groups is 1. The van der Waals surface area contributed by atoms with Crippen LogP contribution in [0.2, 0.25) is 0 Å². The molecule has 6 heteroatoms. The van der Waals surface area contributed by atoms with Gasteiger partial charge in [-0.15, -0.1) is 0 Å². The van der Waals surface area contributed by atoms with E-state index in [4.69, 9.17) is 0 Å². The molecular formula is C14H21N3O2S. The first-order chi connectivity index (χ1) is 9.66. The van der Waals surface area contributed by atoms with Crippen LogP contribution in [0.25, 0.3) is 0 Å². The molecule has 0 saturated carbocycles. The standard InChI is InChI=1S/C14H21N3O2S/c18-20(19,11-7-13-5-2-1-3-6-13)12-10-17-14-15-8-4-9-16-14/h1-3,5-6H,4,7-12H2,(H2,15,16,17). The second kappa shape index (κ2) is 7.28. The molecule has 2 rings (SSSR count). The van der Waals surface area contributed by atoms with E-state index >= 15 is 0 Å². The van der Waals surface area contributed by atoms with Crippen LogP contribution >= 0.6 is 0 Å². The molecule has 0 amide bonds. The summed E-state index contributed by atoms with van der Waals surface area (Å²) >= 11 is 0. The Kier molecular flexibility index (Phi) is 5.40. The number of benzene rings is 1. The number of aryl methyl sites for hydroxylation is 1. The van der Waals surface area contributed by atoms with Crippen molar-refractivity contribution in [2.75, 3.05) is 31.1 Å². The molecule has 1 heterocycles. The highest BCUT2D eigenvalue weighted by atomic mass is 32.2. The first kappa shape index (κ1) is 14.8. The predicted octanol–water partition coefficient (Wildman–Crippen LogP) is 0.583. The molecule has 0 radical (unpaired) electrons. The molecule has 1 aromatic rings. The molecule has 0 spiro atoms. The Morgan fingerprint density at radius 1 is 1.20 bits per heavy atom. The summed E-state index contributed by atoms with van der Waals surface area (Å²) in [6, 6.07) is 9.69. The predicted molar refractivity (Wildman–Crippen MR) is 81.7 cm³/mol. The van der Waals surface area contributed by atoms with Crippen molar-refractivity contribution >= 4 is 15.8 Å². The van der Waals surface area contributed by atoms with Crippen LogP contribution in [-0.4, -0.2) is 45.5 Å². The van der Waals surface area contributed by atoms with Crippen LogP contribution in [0.4, 0.5) is 0 Å². The summed E-state index contributed by atoms with van der Waals surface area (Å²) in [7, 11) is -3.03. The summed E-state index contributed by atoms with van der Waals surface area (Å²) in [5.41, 5.74) is 1.06. The van der Waals surface area contributed by atoms with Gasteiger partial charge in [-0.25, -0.2) is 8.42 Å². The van der Waals surface area contributed by atoms with Gasteiger partial charge in [0.25, 0.3) is 0 Å². The van der Waals surface area contributed by atoms with Gasteiger partial charge in [0.1, 0.15) is 0 Å². The van der Waals surface area contributed by atoms with Gasteiger partial charge in [0.05, 0.1) is 11.5 Å². The quantitative estimate of drug-likeness (QED) is 0.805. The Bertz CT molecular complexity index is 541. The van der Waals surface area contributed by atoms with E-state index in [1.54, 1.807) is 0 Å². The van der Waals surface area contributed by atoms with Crippen LogP contribution in [0.3, 0.4) is 0 Å². The Morgan fingerprint density at radius 3 is 2.70 bits per heavy atom. The minimum atomic E-state index is -3.03. The molecule has 0 aliphatic carbocycles. The van der Waals surface area contributed by atoms with Crippen LogP contribution in [0.15, 0.2) is 35.3 Å². The number of aliphatic imine (C=N–C) groups is 1. The maximum absolute atomic E-state index is 11.9. The summed E-state index contributed by atoms with van der Waals surface area (Å²) < 4.78 is 23.9. The zero-order valence-electron chi connectivity index (χ0n) is 11.5. The summed E-state index contributed by atoms with van der Waals surface area (Å²) in [6.07, 6.45) is 1.60. The van der Waals surface area contributed by atoms with Gasteiger partial charge < -0.3 is 10.6 Å². The lowest BCUT2D eigenvalue weighted by molar-refractivity contribution is 0.593. The molecule has 20 heavy (non-hydrogen) atoms. The van der Waals surface area contributed by atoms with Gasteiger partial charge in [0, 0.05) is 19.6 Å². The van der Waals surface area contributed by atoms with Gasteiger partial charge >= 0.3 is 0 Å². The number of guanidine groups is 1. The van der Waals surface area contributed by atoms with Crippen molar-refractivity contribution in [3.05, 3.63) is 35.9 Å². The molecule has 5 nitrogen and oxygen atoms in total. The van der Waals surface area contributed by atoms with E-state index in [1.165, 1.54) is 0 Å². The lowest BCUT2D eigenvalue weighted by Crippen LogP contribution is -2.42. The first-order valence-electron chi connectivity index (χ1n) is 6.92. The van der Waals surface area contributed by atoms with Gasteiger partial charge in [-0.2, -0.15) is 0 Å². The number of hydrogen-bond donors (Lipinski definition) is 2. The summed E-state index contributed by atoms with van der Waals surface area (Å²) in [5, 5.41) is 6.14. The largest absolute Gasteiger partial charge is 0.356 e.